The molecule has 76 valence electrons. The fraction of sp³-hybridized carbons (Fsp3) is 0.300. The van der Waals surface area contributed by atoms with Gasteiger partial charge in [0.1, 0.15) is 5.75 Å². The van der Waals surface area contributed by atoms with Crippen molar-refractivity contribution < 1.29 is 9.90 Å². The first-order chi connectivity index (χ1) is 6.65. The zero-order valence-corrected chi connectivity index (χ0v) is 8.08. The van der Waals surface area contributed by atoms with Crippen LogP contribution in [0, 0.1) is 0 Å². The van der Waals surface area contributed by atoms with Crippen molar-refractivity contribution in [3.63, 3.8) is 0 Å². The standard InChI is InChI=1S/C10H14N2O2/c1-2-5-12-10(14)8-6-7(11)3-4-9(8)13/h3-4,6,13H,2,5,11H2,1H3,(H,12,14). The highest BCUT2D eigenvalue weighted by molar-refractivity contribution is 5.97. The molecule has 4 nitrogen and oxygen atoms in total. The highest BCUT2D eigenvalue weighted by atomic mass is 16.3. The molecule has 0 aliphatic carbocycles. The highest BCUT2D eigenvalue weighted by Crippen LogP contribution is 2.19. The number of aromatic hydroxyl groups is 1. The van der Waals surface area contributed by atoms with Crippen LogP contribution in [0.2, 0.25) is 0 Å². The summed E-state index contributed by atoms with van der Waals surface area (Å²) in [6, 6.07) is 4.42. The maximum absolute atomic E-state index is 11.4. The molecule has 0 unspecified atom stereocenters. The molecule has 0 aliphatic heterocycles. The number of nitrogens with one attached hydrogen (secondary N) is 1. The van der Waals surface area contributed by atoms with Crippen LogP contribution >= 0.6 is 0 Å². The molecule has 0 saturated heterocycles. The quantitative estimate of drug-likeness (QED) is 0.498. The minimum atomic E-state index is -0.295. The summed E-state index contributed by atoms with van der Waals surface area (Å²) >= 11 is 0. The minimum absolute atomic E-state index is 0.0483. The van der Waals surface area contributed by atoms with Gasteiger partial charge in [-0.15, -0.1) is 0 Å². The maximum Gasteiger partial charge on any atom is 0.255 e. The Labute approximate surface area is 82.7 Å². The van der Waals surface area contributed by atoms with Crippen LogP contribution in [0.15, 0.2) is 18.2 Å². The van der Waals surface area contributed by atoms with E-state index in [1.807, 2.05) is 6.92 Å². The van der Waals surface area contributed by atoms with Gasteiger partial charge in [0.2, 0.25) is 0 Å². The molecule has 0 aromatic heterocycles. The number of anilines is 1. The predicted molar refractivity (Wildman–Crippen MR) is 55.1 cm³/mol. The van der Waals surface area contributed by atoms with Crippen LogP contribution in [0.25, 0.3) is 0 Å². The van der Waals surface area contributed by atoms with Crippen molar-refractivity contribution in [2.75, 3.05) is 12.3 Å². The van der Waals surface area contributed by atoms with E-state index in [4.69, 9.17) is 5.73 Å². The van der Waals surface area contributed by atoms with E-state index in [-0.39, 0.29) is 17.2 Å². The number of hydrogen-bond acceptors (Lipinski definition) is 3. The van der Waals surface area contributed by atoms with Crippen LogP contribution < -0.4 is 11.1 Å². The van der Waals surface area contributed by atoms with Crippen molar-refractivity contribution in [2.45, 2.75) is 13.3 Å². The van der Waals surface area contributed by atoms with Crippen LogP contribution in [0.4, 0.5) is 5.69 Å². The minimum Gasteiger partial charge on any atom is -0.507 e. The molecule has 1 rings (SSSR count). The molecule has 0 atom stereocenters. The van der Waals surface area contributed by atoms with Gasteiger partial charge in [-0.1, -0.05) is 6.92 Å². The third-order valence-electron chi connectivity index (χ3n) is 1.80. The van der Waals surface area contributed by atoms with Crippen molar-refractivity contribution in [2.24, 2.45) is 0 Å². The van der Waals surface area contributed by atoms with E-state index in [1.54, 1.807) is 6.07 Å². The van der Waals surface area contributed by atoms with Gasteiger partial charge in [-0.2, -0.15) is 0 Å². The third-order valence-corrected chi connectivity index (χ3v) is 1.80. The van der Waals surface area contributed by atoms with Crippen LogP contribution in [0.5, 0.6) is 5.75 Å². The molecule has 1 aromatic carbocycles. The molecule has 0 radical (unpaired) electrons. The molecule has 1 amide bonds. The summed E-state index contributed by atoms with van der Waals surface area (Å²) in [5.41, 5.74) is 6.19. The lowest BCUT2D eigenvalue weighted by atomic mass is 10.1. The van der Waals surface area contributed by atoms with Gasteiger partial charge in [0.05, 0.1) is 5.56 Å². The van der Waals surface area contributed by atoms with Crippen LogP contribution in [-0.2, 0) is 0 Å². The van der Waals surface area contributed by atoms with Crippen LogP contribution in [-0.4, -0.2) is 17.6 Å². The average Bonchev–Trinajstić information content (AvgIpc) is 2.18. The van der Waals surface area contributed by atoms with Gasteiger partial charge in [-0.25, -0.2) is 0 Å². The van der Waals surface area contributed by atoms with Gasteiger partial charge in [-0.05, 0) is 24.6 Å². The Morgan fingerprint density at radius 3 is 2.93 bits per heavy atom. The first-order valence-electron chi connectivity index (χ1n) is 4.52. The Bertz CT molecular complexity index is 337. The summed E-state index contributed by atoms with van der Waals surface area (Å²) in [4.78, 5) is 11.4. The lowest BCUT2D eigenvalue weighted by molar-refractivity contribution is 0.0951. The highest BCUT2D eigenvalue weighted by Gasteiger charge is 2.09. The molecule has 4 N–H and O–H groups in total. The molecule has 0 heterocycles. The first-order valence-corrected chi connectivity index (χ1v) is 4.52. The zero-order valence-electron chi connectivity index (χ0n) is 8.08. The Morgan fingerprint density at radius 2 is 2.29 bits per heavy atom. The van der Waals surface area contributed by atoms with Gasteiger partial charge < -0.3 is 16.2 Å². The molecule has 0 aliphatic rings. The number of carbonyl (C=O) groups is 1. The number of nitrogen functional groups attached to an aromatic ring is 1. The van der Waals surface area contributed by atoms with E-state index in [1.165, 1.54) is 12.1 Å². The molecule has 1 aromatic rings. The first kappa shape index (κ1) is 10.4. The van der Waals surface area contributed by atoms with Crippen molar-refractivity contribution >= 4 is 11.6 Å². The van der Waals surface area contributed by atoms with E-state index in [0.29, 0.717) is 12.2 Å². The SMILES string of the molecule is CCCNC(=O)c1cc(N)ccc1O. The Balaban J connectivity index is 2.83. The fourth-order valence-corrected chi connectivity index (χ4v) is 1.07. The molecular weight excluding hydrogens is 180 g/mol. The van der Waals surface area contributed by atoms with E-state index in [0.717, 1.165) is 6.42 Å². The number of hydrogen-bond donors (Lipinski definition) is 3. The molecule has 0 spiro atoms. The normalized spacial score (nSPS) is 9.79. The summed E-state index contributed by atoms with van der Waals surface area (Å²) in [6.45, 7) is 2.55. The second-order valence-corrected chi connectivity index (χ2v) is 3.03. The summed E-state index contributed by atoms with van der Waals surface area (Å²) < 4.78 is 0. The molecule has 0 bridgehead atoms. The van der Waals surface area contributed by atoms with Crippen molar-refractivity contribution in [1.82, 2.24) is 5.32 Å². The molecule has 4 heteroatoms. The molecular formula is C10H14N2O2. The van der Waals surface area contributed by atoms with E-state index >= 15 is 0 Å². The number of nitrogens with two attached hydrogens (primary N) is 1. The number of carbonyl (C=O) groups excluding carboxylic acids is 1. The van der Waals surface area contributed by atoms with Gasteiger partial charge in [0.25, 0.3) is 5.91 Å². The average molecular weight is 194 g/mol. The van der Waals surface area contributed by atoms with Crippen molar-refractivity contribution in [3.8, 4) is 5.75 Å². The van der Waals surface area contributed by atoms with Crippen molar-refractivity contribution in [1.29, 1.82) is 0 Å². The van der Waals surface area contributed by atoms with Gasteiger partial charge in [0.15, 0.2) is 0 Å². The largest absolute Gasteiger partial charge is 0.507 e. The van der Waals surface area contributed by atoms with Crippen LogP contribution in [0.3, 0.4) is 0 Å². The summed E-state index contributed by atoms with van der Waals surface area (Å²) in [6.07, 6.45) is 0.856. The van der Waals surface area contributed by atoms with E-state index < -0.39 is 0 Å². The van der Waals surface area contributed by atoms with Gasteiger partial charge in [0, 0.05) is 12.2 Å². The molecule has 0 fully saturated rings. The molecule has 0 saturated carbocycles. The Hall–Kier alpha value is -1.71. The number of benzene rings is 1. The summed E-state index contributed by atoms with van der Waals surface area (Å²) in [5, 5.41) is 12.1. The van der Waals surface area contributed by atoms with E-state index in [2.05, 4.69) is 5.32 Å². The van der Waals surface area contributed by atoms with Gasteiger partial charge in [-0.3, -0.25) is 4.79 Å². The lowest BCUT2D eigenvalue weighted by Crippen LogP contribution is -2.24. The Morgan fingerprint density at radius 1 is 1.57 bits per heavy atom. The van der Waals surface area contributed by atoms with Gasteiger partial charge >= 0.3 is 0 Å². The maximum atomic E-state index is 11.4. The second kappa shape index (κ2) is 4.50. The number of rotatable bonds is 3. The topological polar surface area (TPSA) is 75.4 Å². The monoisotopic (exact) mass is 194 g/mol. The number of phenolic OH excluding ortho intramolecular Hbond substituents is 1. The van der Waals surface area contributed by atoms with Crippen LogP contribution in [0.1, 0.15) is 23.7 Å². The smallest absolute Gasteiger partial charge is 0.255 e. The third kappa shape index (κ3) is 2.39. The fourth-order valence-electron chi connectivity index (χ4n) is 1.07. The zero-order chi connectivity index (χ0) is 10.6. The summed E-state index contributed by atoms with van der Waals surface area (Å²) in [7, 11) is 0. The lowest BCUT2D eigenvalue weighted by Gasteiger charge is -2.06. The number of phenols is 1. The second-order valence-electron chi connectivity index (χ2n) is 3.03. The summed E-state index contributed by atoms with van der Waals surface area (Å²) in [5.74, 6) is -0.343. The van der Waals surface area contributed by atoms with Crippen molar-refractivity contribution in [3.05, 3.63) is 23.8 Å². The van der Waals surface area contributed by atoms with E-state index in [9.17, 15) is 9.90 Å². The number of amides is 1. The molecule has 14 heavy (non-hydrogen) atoms. The Kier molecular flexibility index (Phi) is 3.34. The predicted octanol–water partition coefficient (Wildman–Crippen LogP) is 1.11.